The molecule has 1 saturated heterocycles. The number of ether oxygens (including phenoxy) is 1. The number of benzene rings is 1. The van der Waals surface area contributed by atoms with E-state index in [1.54, 1.807) is 11.1 Å². The van der Waals surface area contributed by atoms with Gasteiger partial charge in [0.25, 0.3) is 0 Å². The summed E-state index contributed by atoms with van der Waals surface area (Å²) in [5.41, 5.74) is 4.65. The monoisotopic (exact) mass is 286 g/mol. The number of nitrogens with one attached hydrogen (secondary N) is 1. The summed E-state index contributed by atoms with van der Waals surface area (Å²) < 4.78 is 5.70. The Morgan fingerprint density at radius 2 is 2.10 bits per heavy atom. The fraction of sp³-hybridized carbons (Fsp3) is 0.667. The smallest absolute Gasteiger partial charge is 0.0635 e. The molecule has 21 heavy (non-hydrogen) atoms. The van der Waals surface area contributed by atoms with Gasteiger partial charge in [-0.25, -0.2) is 0 Å². The third-order valence-corrected chi connectivity index (χ3v) is 5.12. The molecule has 0 bridgehead atoms. The number of morpholine rings is 1. The quantitative estimate of drug-likeness (QED) is 0.897. The van der Waals surface area contributed by atoms with E-state index in [1.807, 2.05) is 0 Å². The Labute approximate surface area is 127 Å². The molecule has 1 aromatic carbocycles. The first kappa shape index (κ1) is 13.7. The molecule has 1 atom stereocenters. The molecule has 0 aromatic heterocycles. The van der Waals surface area contributed by atoms with E-state index >= 15 is 0 Å². The van der Waals surface area contributed by atoms with Crippen molar-refractivity contribution in [1.82, 2.24) is 10.2 Å². The van der Waals surface area contributed by atoms with Crippen molar-refractivity contribution in [2.24, 2.45) is 0 Å². The second kappa shape index (κ2) is 6.07. The molecule has 114 valence electrons. The van der Waals surface area contributed by atoms with Gasteiger partial charge in [-0.1, -0.05) is 18.2 Å². The normalized spacial score (nSPS) is 26.0. The molecule has 1 aromatic rings. The Morgan fingerprint density at radius 1 is 1.19 bits per heavy atom. The summed E-state index contributed by atoms with van der Waals surface area (Å²) in [6.45, 7) is 4.98. The molecule has 0 radical (unpaired) electrons. The maximum atomic E-state index is 5.70. The molecule has 2 aliphatic carbocycles. The molecule has 1 saturated carbocycles. The lowest BCUT2D eigenvalue weighted by Gasteiger charge is -2.36. The molecule has 1 heterocycles. The van der Waals surface area contributed by atoms with E-state index in [0.29, 0.717) is 6.04 Å². The van der Waals surface area contributed by atoms with Gasteiger partial charge in [-0.2, -0.15) is 0 Å². The zero-order valence-corrected chi connectivity index (χ0v) is 12.8. The van der Waals surface area contributed by atoms with Gasteiger partial charge in [0, 0.05) is 31.7 Å². The van der Waals surface area contributed by atoms with Gasteiger partial charge in [-0.3, -0.25) is 4.90 Å². The molecule has 3 heteroatoms. The second-order valence-corrected chi connectivity index (χ2v) is 6.84. The Kier molecular flexibility index (Phi) is 3.97. The fourth-order valence-corrected chi connectivity index (χ4v) is 3.63. The van der Waals surface area contributed by atoms with Crippen LogP contribution in [0.2, 0.25) is 0 Å². The van der Waals surface area contributed by atoms with Crippen molar-refractivity contribution >= 4 is 0 Å². The molecule has 0 spiro atoms. The molecule has 1 unspecified atom stereocenters. The van der Waals surface area contributed by atoms with E-state index in [-0.39, 0.29) is 0 Å². The molecular formula is C18H26N2O. The van der Waals surface area contributed by atoms with E-state index in [4.69, 9.17) is 4.74 Å². The number of fused-ring (bicyclic) bond motifs is 1. The van der Waals surface area contributed by atoms with Crippen molar-refractivity contribution in [3.8, 4) is 0 Å². The van der Waals surface area contributed by atoms with Crippen molar-refractivity contribution in [1.29, 1.82) is 0 Å². The molecule has 2 fully saturated rings. The average Bonchev–Trinajstić information content (AvgIpc) is 3.22. The van der Waals surface area contributed by atoms with Crippen LogP contribution in [0.1, 0.15) is 36.0 Å². The summed E-state index contributed by atoms with van der Waals surface area (Å²) in [6, 6.07) is 8.46. The van der Waals surface area contributed by atoms with Crippen LogP contribution in [0.4, 0.5) is 0 Å². The van der Waals surface area contributed by atoms with Gasteiger partial charge in [0.1, 0.15) is 0 Å². The van der Waals surface area contributed by atoms with Crippen molar-refractivity contribution in [2.45, 2.75) is 50.7 Å². The maximum Gasteiger partial charge on any atom is 0.0635 e. The highest BCUT2D eigenvalue weighted by atomic mass is 16.5. The van der Waals surface area contributed by atoms with Crippen LogP contribution in [0.25, 0.3) is 0 Å². The Hall–Kier alpha value is -0.900. The molecule has 3 nitrogen and oxygen atoms in total. The third kappa shape index (κ3) is 3.31. The summed E-state index contributed by atoms with van der Waals surface area (Å²) in [4.78, 5) is 2.61. The molecular weight excluding hydrogens is 260 g/mol. The largest absolute Gasteiger partial charge is 0.378 e. The second-order valence-electron chi connectivity index (χ2n) is 6.84. The highest BCUT2D eigenvalue weighted by Crippen LogP contribution is 2.24. The van der Waals surface area contributed by atoms with E-state index in [2.05, 4.69) is 28.4 Å². The van der Waals surface area contributed by atoms with Crippen molar-refractivity contribution < 1.29 is 4.74 Å². The summed E-state index contributed by atoms with van der Waals surface area (Å²) in [5.74, 6) is 0. The van der Waals surface area contributed by atoms with Crippen LogP contribution in [0, 0.1) is 0 Å². The fourth-order valence-electron chi connectivity index (χ4n) is 3.63. The minimum atomic E-state index is 0.535. The standard InChI is InChI=1S/C18H26N2O/c1-2-15-5-4-14(10-16(15)3-1)12-20-8-9-21-13-18(20)11-19-17-6-7-17/h4-5,10,17-19H,1-3,6-9,11-13H2. The number of rotatable bonds is 5. The Morgan fingerprint density at radius 3 is 3.00 bits per heavy atom. The van der Waals surface area contributed by atoms with Crippen LogP contribution in [0.5, 0.6) is 0 Å². The van der Waals surface area contributed by atoms with Gasteiger partial charge in [0.05, 0.1) is 13.2 Å². The first-order chi connectivity index (χ1) is 10.4. The van der Waals surface area contributed by atoms with Crippen LogP contribution in [-0.4, -0.2) is 43.3 Å². The zero-order valence-electron chi connectivity index (χ0n) is 12.8. The summed E-state index contributed by atoms with van der Waals surface area (Å²) >= 11 is 0. The van der Waals surface area contributed by atoms with E-state index < -0.39 is 0 Å². The molecule has 0 amide bonds. The van der Waals surface area contributed by atoms with Gasteiger partial charge >= 0.3 is 0 Å². The molecule has 3 aliphatic rings. The predicted octanol–water partition coefficient (Wildman–Crippen LogP) is 2.13. The summed E-state index contributed by atoms with van der Waals surface area (Å²) in [5, 5.41) is 3.66. The topological polar surface area (TPSA) is 24.5 Å². The van der Waals surface area contributed by atoms with Crippen molar-refractivity contribution in [3.05, 3.63) is 34.9 Å². The minimum absolute atomic E-state index is 0.535. The zero-order chi connectivity index (χ0) is 14.1. The van der Waals surface area contributed by atoms with Crippen molar-refractivity contribution in [3.63, 3.8) is 0 Å². The number of hydrogen-bond donors (Lipinski definition) is 1. The van der Waals surface area contributed by atoms with Crippen molar-refractivity contribution in [2.75, 3.05) is 26.3 Å². The molecule has 1 aliphatic heterocycles. The maximum absolute atomic E-state index is 5.70. The van der Waals surface area contributed by atoms with E-state index in [9.17, 15) is 0 Å². The number of hydrogen-bond acceptors (Lipinski definition) is 3. The van der Waals surface area contributed by atoms with E-state index in [1.165, 1.54) is 37.7 Å². The highest BCUT2D eigenvalue weighted by molar-refractivity contribution is 5.35. The predicted molar refractivity (Wildman–Crippen MR) is 84.5 cm³/mol. The Balaban J connectivity index is 1.40. The van der Waals surface area contributed by atoms with Gasteiger partial charge < -0.3 is 10.1 Å². The third-order valence-electron chi connectivity index (χ3n) is 5.12. The van der Waals surface area contributed by atoms with Gasteiger partial charge in [0.15, 0.2) is 0 Å². The lowest BCUT2D eigenvalue weighted by atomic mass is 10.1. The van der Waals surface area contributed by atoms with E-state index in [0.717, 1.165) is 38.9 Å². The summed E-state index contributed by atoms with van der Waals surface area (Å²) in [7, 11) is 0. The minimum Gasteiger partial charge on any atom is -0.378 e. The van der Waals surface area contributed by atoms with Crippen LogP contribution < -0.4 is 5.32 Å². The number of aryl methyl sites for hydroxylation is 2. The lowest BCUT2D eigenvalue weighted by molar-refractivity contribution is -0.0110. The molecule has 4 rings (SSSR count). The average molecular weight is 286 g/mol. The first-order valence-corrected chi connectivity index (χ1v) is 8.54. The van der Waals surface area contributed by atoms with Gasteiger partial charge in [0.2, 0.25) is 0 Å². The summed E-state index contributed by atoms with van der Waals surface area (Å²) in [6.07, 6.45) is 6.61. The number of nitrogens with zero attached hydrogens (tertiary/aromatic N) is 1. The Bertz CT molecular complexity index is 498. The SMILES string of the molecule is c1cc2c(cc1CN1CCOCC1CNC1CC1)CCC2. The van der Waals surface area contributed by atoms with Gasteiger partial charge in [-0.05, 0) is 48.8 Å². The van der Waals surface area contributed by atoms with Crippen LogP contribution >= 0.6 is 0 Å². The van der Waals surface area contributed by atoms with Crippen LogP contribution in [-0.2, 0) is 24.1 Å². The molecule has 1 N–H and O–H groups in total. The van der Waals surface area contributed by atoms with Gasteiger partial charge in [-0.15, -0.1) is 0 Å². The lowest BCUT2D eigenvalue weighted by Crippen LogP contribution is -2.50. The highest BCUT2D eigenvalue weighted by Gasteiger charge is 2.27. The van der Waals surface area contributed by atoms with Crippen LogP contribution in [0.15, 0.2) is 18.2 Å². The first-order valence-electron chi connectivity index (χ1n) is 8.54. The van der Waals surface area contributed by atoms with Crippen LogP contribution in [0.3, 0.4) is 0 Å².